The highest BCUT2D eigenvalue weighted by atomic mass is 16.5. The van der Waals surface area contributed by atoms with Gasteiger partial charge in [-0.25, -0.2) is 0 Å². The average Bonchev–Trinajstić information content (AvgIpc) is 2.74. The number of benzene rings is 3. The van der Waals surface area contributed by atoms with E-state index in [2.05, 4.69) is 12.2 Å². The minimum atomic E-state index is -0.209. The van der Waals surface area contributed by atoms with Gasteiger partial charge in [0.05, 0.1) is 11.7 Å². The number of carbonyl (C=O) groups excluding carboxylic acids is 1. The smallest absolute Gasteiger partial charge is 0.259 e. The van der Waals surface area contributed by atoms with Crippen LogP contribution in [0.2, 0.25) is 0 Å². The molecule has 144 valence electrons. The lowest BCUT2D eigenvalue weighted by Gasteiger charge is -2.14. The second-order valence-electron chi connectivity index (χ2n) is 6.59. The van der Waals surface area contributed by atoms with Crippen LogP contribution in [0.3, 0.4) is 0 Å². The van der Waals surface area contributed by atoms with E-state index in [0.29, 0.717) is 23.6 Å². The van der Waals surface area contributed by atoms with Crippen molar-refractivity contribution in [2.45, 2.75) is 33.0 Å². The Morgan fingerprint density at radius 1 is 0.929 bits per heavy atom. The van der Waals surface area contributed by atoms with Gasteiger partial charge in [-0.2, -0.15) is 0 Å². The van der Waals surface area contributed by atoms with E-state index in [0.717, 1.165) is 17.7 Å². The lowest BCUT2D eigenvalue weighted by Crippen LogP contribution is -2.14. The van der Waals surface area contributed by atoms with Gasteiger partial charge in [0.15, 0.2) is 0 Å². The quantitative estimate of drug-likeness (QED) is 0.550. The van der Waals surface area contributed by atoms with Crippen molar-refractivity contribution in [2.75, 3.05) is 5.32 Å². The van der Waals surface area contributed by atoms with Crippen molar-refractivity contribution in [3.8, 4) is 11.5 Å². The first kappa shape index (κ1) is 19.5. The number of anilines is 1. The number of ether oxygens (including phenoxy) is 2. The predicted octanol–water partition coefficient (Wildman–Crippen LogP) is 5.70. The van der Waals surface area contributed by atoms with E-state index in [9.17, 15) is 4.79 Å². The second-order valence-corrected chi connectivity index (χ2v) is 6.59. The summed E-state index contributed by atoms with van der Waals surface area (Å²) >= 11 is 0. The zero-order chi connectivity index (χ0) is 19.8. The van der Waals surface area contributed by atoms with Gasteiger partial charge in [-0.1, -0.05) is 49.4 Å². The van der Waals surface area contributed by atoms with Crippen LogP contribution in [0.4, 0.5) is 5.69 Å². The van der Waals surface area contributed by atoms with Crippen LogP contribution in [0.5, 0.6) is 11.5 Å². The molecule has 1 atom stereocenters. The van der Waals surface area contributed by atoms with E-state index in [1.165, 1.54) is 0 Å². The van der Waals surface area contributed by atoms with E-state index in [1.807, 2.05) is 73.7 Å². The Hall–Kier alpha value is -3.27. The Balaban J connectivity index is 1.65. The molecule has 3 aromatic carbocycles. The lowest BCUT2D eigenvalue weighted by atomic mass is 10.1. The monoisotopic (exact) mass is 375 g/mol. The molecule has 0 aliphatic rings. The van der Waals surface area contributed by atoms with Crippen LogP contribution in [0.1, 0.15) is 36.2 Å². The highest BCUT2D eigenvalue weighted by Crippen LogP contribution is 2.22. The molecule has 1 amide bonds. The minimum Gasteiger partial charge on any atom is -0.491 e. The van der Waals surface area contributed by atoms with E-state index in [4.69, 9.17) is 9.47 Å². The van der Waals surface area contributed by atoms with Crippen LogP contribution in [0, 0.1) is 0 Å². The van der Waals surface area contributed by atoms with Crippen LogP contribution in [0.15, 0.2) is 78.9 Å². The largest absolute Gasteiger partial charge is 0.491 e. The molecule has 0 bridgehead atoms. The van der Waals surface area contributed by atoms with Gasteiger partial charge in [0.1, 0.15) is 18.1 Å². The third-order valence-corrected chi connectivity index (χ3v) is 4.39. The fraction of sp³-hybridized carbons (Fsp3) is 0.208. The molecule has 4 heteroatoms. The molecule has 0 aliphatic heterocycles. The maximum atomic E-state index is 12.7. The Bertz CT molecular complexity index is 891. The van der Waals surface area contributed by atoms with Crippen molar-refractivity contribution >= 4 is 11.6 Å². The number of carbonyl (C=O) groups is 1. The zero-order valence-corrected chi connectivity index (χ0v) is 16.2. The summed E-state index contributed by atoms with van der Waals surface area (Å²) < 4.78 is 11.6. The van der Waals surface area contributed by atoms with Gasteiger partial charge in [-0.15, -0.1) is 0 Å². The average molecular weight is 375 g/mol. The Labute approximate surface area is 166 Å². The molecular formula is C24H25NO3. The van der Waals surface area contributed by atoms with Gasteiger partial charge >= 0.3 is 0 Å². The van der Waals surface area contributed by atoms with E-state index >= 15 is 0 Å². The van der Waals surface area contributed by atoms with Crippen LogP contribution in [-0.4, -0.2) is 12.0 Å². The molecule has 4 nitrogen and oxygen atoms in total. The van der Waals surface area contributed by atoms with Gasteiger partial charge in [-0.05, 0) is 55.3 Å². The summed E-state index contributed by atoms with van der Waals surface area (Å²) in [5, 5.41) is 2.92. The van der Waals surface area contributed by atoms with Crippen LogP contribution in [-0.2, 0) is 6.61 Å². The highest BCUT2D eigenvalue weighted by Gasteiger charge is 2.13. The summed E-state index contributed by atoms with van der Waals surface area (Å²) in [6.07, 6.45) is 1.10. The fourth-order valence-electron chi connectivity index (χ4n) is 2.65. The molecule has 3 rings (SSSR count). The third-order valence-electron chi connectivity index (χ3n) is 4.39. The molecule has 0 spiro atoms. The summed E-state index contributed by atoms with van der Waals surface area (Å²) in [5.41, 5.74) is 2.26. The number of rotatable bonds is 8. The summed E-state index contributed by atoms with van der Waals surface area (Å²) in [5.74, 6) is 1.14. The SMILES string of the molecule is CCC(C)Oc1ccc(NC(=O)c2ccccc2OCc2ccccc2)cc1. The number of para-hydroxylation sites is 1. The molecular weight excluding hydrogens is 350 g/mol. The van der Waals surface area contributed by atoms with E-state index in [-0.39, 0.29) is 12.0 Å². The van der Waals surface area contributed by atoms with Crippen molar-refractivity contribution in [1.82, 2.24) is 0 Å². The summed E-state index contributed by atoms with van der Waals surface area (Å²) in [7, 11) is 0. The van der Waals surface area contributed by atoms with Crippen molar-refractivity contribution in [3.63, 3.8) is 0 Å². The van der Waals surface area contributed by atoms with Gasteiger partial charge < -0.3 is 14.8 Å². The zero-order valence-electron chi connectivity index (χ0n) is 16.2. The summed E-state index contributed by atoms with van der Waals surface area (Å²) in [6, 6.07) is 24.5. The molecule has 0 heterocycles. The standard InChI is InChI=1S/C24H25NO3/c1-3-18(2)28-21-15-13-20(14-16-21)25-24(26)22-11-7-8-12-23(22)27-17-19-9-5-4-6-10-19/h4-16,18H,3,17H2,1-2H3,(H,25,26). The molecule has 0 radical (unpaired) electrons. The molecule has 1 N–H and O–H groups in total. The molecule has 0 aromatic heterocycles. The van der Waals surface area contributed by atoms with Crippen LogP contribution >= 0.6 is 0 Å². The van der Waals surface area contributed by atoms with Crippen molar-refractivity contribution in [1.29, 1.82) is 0 Å². The highest BCUT2D eigenvalue weighted by molar-refractivity contribution is 6.06. The maximum Gasteiger partial charge on any atom is 0.259 e. The van der Waals surface area contributed by atoms with Crippen molar-refractivity contribution < 1.29 is 14.3 Å². The molecule has 0 aliphatic carbocycles. The first-order valence-electron chi connectivity index (χ1n) is 9.49. The molecule has 0 saturated heterocycles. The van der Waals surface area contributed by atoms with E-state index in [1.54, 1.807) is 12.1 Å². The van der Waals surface area contributed by atoms with Gasteiger partial charge in [0, 0.05) is 5.69 Å². The number of hydrogen-bond donors (Lipinski definition) is 1. The summed E-state index contributed by atoms with van der Waals surface area (Å²) in [6.45, 7) is 4.52. The summed E-state index contributed by atoms with van der Waals surface area (Å²) in [4.78, 5) is 12.7. The first-order valence-corrected chi connectivity index (χ1v) is 9.49. The van der Waals surface area contributed by atoms with Gasteiger partial charge in [0.25, 0.3) is 5.91 Å². The molecule has 0 saturated carbocycles. The Morgan fingerprint density at radius 2 is 1.61 bits per heavy atom. The number of amides is 1. The number of nitrogens with one attached hydrogen (secondary N) is 1. The molecule has 28 heavy (non-hydrogen) atoms. The van der Waals surface area contributed by atoms with Crippen LogP contribution < -0.4 is 14.8 Å². The maximum absolute atomic E-state index is 12.7. The van der Waals surface area contributed by atoms with E-state index < -0.39 is 0 Å². The molecule has 0 fully saturated rings. The molecule has 1 unspecified atom stereocenters. The Kier molecular flexibility index (Phi) is 6.68. The van der Waals surface area contributed by atoms with Crippen molar-refractivity contribution in [3.05, 3.63) is 90.0 Å². The topological polar surface area (TPSA) is 47.6 Å². The normalized spacial score (nSPS) is 11.5. The number of hydrogen-bond acceptors (Lipinski definition) is 3. The third kappa shape index (κ3) is 5.36. The Morgan fingerprint density at radius 3 is 2.32 bits per heavy atom. The lowest BCUT2D eigenvalue weighted by molar-refractivity contribution is 0.102. The first-order chi connectivity index (χ1) is 13.7. The molecule has 3 aromatic rings. The van der Waals surface area contributed by atoms with Gasteiger partial charge in [0.2, 0.25) is 0 Å². The van der Waals surface area contributed by atoms with Crippen molar-refractivity contribution in [2.24, 2.45) is 0 Å². The minimum absolute atomic E-state index is 0.161. The predicted molar refractivity (Wildman–Crippen MR) is 112 cm³/mol. The fourth-order valence-corrected chi connectivity index (χ4v) is 2.65. The second kappa shape index (κ2) is 9.60. The van der Waals surface area contributed by atoms with Crippen LogP contribution in [0.25, 0.3) is 0 Å². The van der Waals surface area contributed by atoms with Gasteiger partial charge in [-0.3, -0.25) is 4.79 Å².